The van der Waals surface area contributed by atoms with Gasteiger partial charge in [-0.05, 0) is 49.9 Å². The monoisotopic (exact) mass is 250 g/mol. The van der Waals surface area contributed by atoms with Crippen LogP contribution in [0.5, 0.6) is 0 Å². The van der Waals surface area contributed by atoms with Gasteiger partial charge in [0.1, 0.15) is 5.82 Å². The second-order valence-electron chi connectivity index (χ2n) is 4.73. The van der Waals surface area contributed by atoms with E-state index in [1.165, 1.54) is 24.3 Å². The highest BCUT2D eigenvalue weighted by molar-refractivity contribution is 5.95. The van der Waals surface area contributed by atoms with E-state index < -0.39 is 0 Å². The van der Waals surface area contributed by atoms with Crippen molar-refractivity contribution in [1.82, 2.24) is 5.43 Å². The molecule has 0 radical (unpaired) electrons. The van der Waals surface area contributed by atoms with Crippen LogP contribution in [0, 0.1) is 11.7 Å². The van der Waals surface area contributed by atoms with E-state index in [0.29, 0.717) is 11.5 Å². The number of halogens is 1. The van der Waals surface area contributed by atoms with Crippen LogP contribution in [-0.2, 0) is 0 Å². The van der Waals surface area contributed by atoms with E-state index in [4.69, 9.17) is 0 Å². The van der Waals surface area contributed by atoms with Crippen molar-refractivity contribution in [2.45, 2.75) is 33.6 Å². The molecule has 18 heavy (non-hydrogen) atoms. The second kappa shape index (κ2) is 6.89. The Hall–Kier alpha value is -1.71. The molecule has 0 aromatic heterocycles. The molecular formula is C14H19FN2O. The van der Waals surface area contributed by atoms with Crippen LogP contribution >= 0.6 is 0 Å². The number of nitrogens with one attached hydrogen (secondary N) is 1. The molecule has 0 fully saturated rings. The highest BCUT2D eigenvalue weighted by Crippen LogP contribution is 2.05. The van der Waals surface area contributed by atoms with E-state index in [0.717, 1.165) is 18.6 Å². The predicted octanol–water partition coefficient (Wildman–Crippen LogP) is 3.37. The van der Waals surface area contributed by atoms with E-state index in [9.17, 15) is 9.18 Å². The zero-order valence-corrected chi connectivity index (χ0v) is 11.0. The van der Waals surface area contributed by atoms with Crippen LogP contribution < -0.4 is 5.43 Å². The summed E-state index contributed by atoms with van der Waals surface area (Å²) in [4.78, 5) is 11.7. The van der Waals surface area contributed by atoms with Crippen molar-refractivity contribution in [2.75, 3.05) is 0 Å². The Morgan fingerprint density at radius 2 is 1.94 bits per heavy atom. The third-order valence-electron chi connectivity index (χ3n) is 2.54. The van der Waals surface area contributed by atoms with Gasteiger partial charge in [0.25, 0.3) is 5.91 Å². The fourth-order valence-corrected chi connectivity index (χ4v) is 1.37. The van der Waals surface area contributed by atoms with Crippen LogP contribution in [0.15, 0.2) is 29.4 Å². The number of amides is 1. The summed E-state index contributed by atoms with van der Waals surface area (Å²) in [5.74, 6) is -0.0648. The minimum absolute atomic E-state index is 0.320. The molecular weight excluding hydrogens is 231 g/mol. The molecule has 0 saturated carbocycles. The van der Waals surface area contributed by atoms with Gasteiger partial charge in [-0.3, -0.25) is 4.79 Å². The highest BCUT2D eigenvalue weighted by atomic mass is 19.1. The van der Waals surface area contributed by atoms with Gasteiger partial charge in [0.2, 0.25) is 0 Å². The van der Waals surface area contributed by atoms with Gasteiger partial charge in [-0.25, -0.2) is 9.82 Å². The first-order chi connectivity index (χ1) is 8.49. The number of rotatable bonds is 5. The largest absolute Gasteiger partial charge is 0.271 e. The summed E-state index contributed by atoms with van der Waals surface area (Å²) in [5.41, 5.74) is 3.76. The summed E-state index contributed by atoms with van der Waals surface area (Å²) >= 11 is 0. The Morgan fingerprint density at radius 3 is 2.50 bits per heavy atom. The van der Waals surface area contributed by atoms with Crippen molar-refractivity contribution in [1.29, 1.82) is 0 Å². The molecule has 0 atom stereocenters. The van der Waals surface area contributed by atoms with Crippen LogP contribution in [0.4, 0.5) is 4.39 Å². The first kappa shape index (κ1) is 14.4. The first-order valence-corrected chi connectivity index (χ1v) is 6.08. The third-order valence-corrected chi connectivity index (χ3v) is 2.54. The third kappa shape index (κ3) is 5.08. The van der Waals surface area contributed by atoms with Gasteiger partial charge in [-0.1, -0.05) is 13.8 Å². The number of benzene rings is 1. The summed E-state index contributed by atoms with van der Waals surface area (Å²) in [7, 11) is 0. The van der Waals surface area contributed by atoms with Crippen molar-refractivity contribution in [3.63, 3.8) is 0 Å². The van der Waals surface area contributed by atoms with Crippen LogP contribution in [-0.4, -0.2) is 11.6 Å². The Balaban J connectivity index is 2.49. The molecule has 0 aliphatic heterocycles. The second-order valence-corrected chi connectivity index (χ2v) is 4.73. The number of carbonyl (C=O) groups is 1. The Kier molecular flexibility index (Phi) is 5.49. The van der Waals surface area contributed by atoms with E-state index >= 15 is 0 Å². The summed E-state index contributed by atoms with van der Waals surface area (Å²) in [6, 6.07) is 5.38. The molecule has 0 heterocycles. The zero-order valence-electron chi connectivity index (χ0n) is 11.0. The molecule has 1 aromatic carbocycles. The SMILES string of the molecule is C/C(CCC(C)C)=N/NC(=O)c1ccc(F)cc1. The number of nitrogens with zero attached hydrogens (tertiary/aromatic N) is 1. The normalized spacial score (nSPS) is 11.7. The lowest BCUT2D eigenvalue weighted by molar-refractivity contribution is 0.0954. The van der Waals surface area contributed by atoms with E-state index in [1.807, 2.05) is 6.92 Å². The molecule has 1 aromatic rings. The van der Waals surface area contributed by atoms with E-state index in [-0.39, 0.29) is 11.7 Å². The summed E-state index contributed by atoms with van der Waals surface area (Å²) in [5, 5.41) is 4.02. The van der Waals surface area contributed by atoms with Crippen molar-refractivity contribution >= 4 is 11.6 Å². The van der Waals surface area contributed by atoms with Gasteiger partial charge in [0.15, 0.2) is 0 Å². The van der Waals surface area contributed by atoms with Gasteiger partial charge in [-0.2, -0.15) is 5.10 Å². The first-order valence-electron chi connectivity index (χ1n) is 6.08. The van der Waals surface area contributed by atoms with Crippen molar-refractivity contribution in [3.8, 4) is 0 Å². The lowest BCUT2D eigenvalue weighted by atomic mass is 10.1. The Morgan fingerprint density at radius 1 is 1.33 bits per heavy atom. The fraction of sp³-hybridized carbons (Fsp3) is 0.429. The summed E-state index contributed by atoms with van der Waals surface area (Å²) in [6.45, 7) is 6.17. The Bertz CT molecular complexity index is 424. The molecule has 0 aliphatic carbocycles. The molecule has 1 rings (SSSR count). The van der Waals surface area contributed by atoms with Crippen LogP contribution in [0.1, 0.15) is 44.0 Å². The van der Waals surface area contributed by atoms with Crippen LogP contribution in [0.25, 0.3) is 0 Å². The smallest absolute Gasteiger partial charge is 0.267 e. The molecule has 0 saturated heterocycles. The topological polar surface area (TPSA) is 41.5 Å². The average molecular weight is 250 g/mol. The molecule has 1 amide bonds. The standard InChI is InChI=1S/C14H19FN2O/c1-10(2)4-5-11(3)16-17-14(18)12-6-8-13(15)9-7-12/h6-10H,4-5H2,1-3H3,(H,17,18)/b16-11-. The van der Waals surface area contributed by atoms with Gasteiger partial charge < -0.3 is 0 Å². The van der Waals surface area contributed by atoms with Crippen molar-refractivity contribution in [3.05, 3.63) is 35.6 Å². The molecule has 3 nitrogen and oxygen atoms in total. The number of carbonyl (C=O) groups excluding carboxylic acids is 1. The number of hydrogen-bond acceptors (Lipinski definition) is 2. The minimum atomic E-state index is -0.358. The van der Waals surface area contributed by atoms with Gasteiger partial charge in [-0.15, -0.1) is 0 Å². The average Bonchev–Trinajstić information content (AvgIpc) is 2.34. The molecule has 0 aliphatic rings. The molecule has 4 heteroatoms. The van der Waals surface area contributed by atoms with Gasteiger partial charge in [0, 0.05) is 11.3 Å². The summed E-state index contributed by atoms with van der Waals surface area (Å²) < 4.78 is 12.7. The fourth-order valence-electron chi connectivity index (χ4n) is 1.37. The maximum atomic E-state index is 12.7. The van der Waals surface area contributed by atoms with Crippen LogP contribution in [0.2, 0.25) is 0 Å². The molecule has 1 N–H and O–H groups in total. The van der Waals surface area contributed by atoms with E-state index in [2.05, 4.69) is 24.4 Å². The van der Waals surface area contributed by atoms with Crippen LogP contribution in [0.3, 0.4) is 0 Å². The lowest BCUT2D eigenvalue weighted by Crippen LogP contribution is -2.19. The highest BCUT2D eigenvalue weighted by Gasteiger charge is 2.04. The number of hydrogen-bond donors (Lipinski definition) is 1. The van der Waals surface area contributed by atoms with Crippen molar-refractivity contribution in [2.24, 2.45) is 11.0 Å². The predicted molar refractivity (Wildman–Crippen MR) is 71.0 cm³/mol. The van der Waals surface area contributed by atoms with E-state index in [1.54, 1.807) is 0 Å². The zero-order chi connectivity index (χ0) is 13.5. The van der Waals surface area contributed by atoms with Gasteiger partial charge in [0.05, 0.1) is 0 Å². The van der Waals surface area contributed by atoms with Gasteiger partial charge >= 0.3 is 0 Å². The Labute approximate surface area is 107 Å². The summed E-state index contributed by atoms with van der Waals surface area (Å²) in [6.07, 6.45) is 1.91. The molecule has 0 unspecified atom stereocenters. The lowest BCUT2D eigenvalue weighted by Gasteiger charge is -2.05. The maximum Gasteiger partial charge on any atom is 0.271 e. The van der Waals surface area contributed by atoms with Crippen molar-refractivity contribution < 1.29 is 9.18 Å². The maximum absolute atomic E-state index is 12.7. The minimum Gasteiger partial charge on any atom is -0.267 e. The molecule has 98 valence electrons. The quantitative estimate of drug-likeness (QED) is 0.631. The molecule has 0 bridgehead atoms. The number of hydrazone groups is 1. The molecule has 0 spiro atoms.